The Hall–Kier alpha value is -2.98. The number of rotatable bonds is 5. The van der Waals surface area contributed by atoms with Crippen molar-refractivity contribution < 1.29 is 17.9 Å². The van der Waals surface area contributed by atoms with Gasteiger partial charge in [-0.15, -0.1) is 0 Å². The standard InChI is InChI=1S/C18H18N4O5S/c23-17-9-13(20-16-5-1-2-8-22(16)17)12-27-18(24)15-10-14(11-19-15)28(25,26)21-6-3-4-7-21/h1-2,5,8-11,19H,3-4,6-7,12H2. The topological polar surface area (TPSA) is 114 Å². The monoisotopic (exact) mass is 402 g/mol. The third-order valence-electron chi connectivity index (χ3n) is 4.55. The van der Waals surface area contributed by atoms with Gasteiger partial charge in [-0.2, -0.15) is 4.31 Å². The molecule has 146 valence electrons. The highest BCUT2D eigenvalue weighted by atomic mass is 32.2. The number of sulfonamides is 1. The lowest BCUT2D eigenvalue weighted by Gasteiger charge is -2.13. The SMILES string of the molecule is O=C(OCc1cc(=O)n2ccccc2n1)c1cc(S(=O)(=O)N2CCCC2)c[nH]1. The zero-order valence-electron chi connectivity index (χ0n) is 14.9. The van der Waals surface area contributed by atoms with Crippen molar-refractivity contribution >= 4 is 21.6 Å². The van der Waals surface area contributed by atoms with Crippen LogP contribution in [0.25, 0.3) is 5.65 Å². The van der Waals surface area contributed by atoms with Gasteiger partial charge in [0.05, 0.1) is 5.69 Å². The summed E-state index contributed by atoms with van der Waals surface area (Å²) < 4.78 is 33.0. The Labute approximate surface area is 160 Å². The van der Waals surface area contributed by atoms with Crippen LogP contribution in [0, 0.1) is 0 Å². The van der Waals surface area contributed by atoms with Crippen LogP contribution in [0.3, 0.4) is 0 Å². The molecule has 0 spiro atoms. The lowest BCUT2D eigenvalue weighted by atomic mass is 10.4. The number of nitrogens with zero attached hydrogens (tertiary/aromatic N) is 3. The molecule has 1 aliphatic heterocycles. The first kappa shape index (κ1) is 18.4. The van der Waals surface area contributed by atoms with Gasteiger partial charge in [-0.05, 0) is 31.0 Å². The Bertz CT molecular complexity index is 1190. The molecule has 1 aliphatic rings. The average Bonchev–Trinajstić information content (AvgIpc) is 3.38. The van der Waals surface area contributed by atoms with E-state index >= 15 is 0 Å². The minimum atomic E-state index is -3.61. The van der Waals surface area contributed by atoms with E-state index < -0.39 is 16.0 Å². The van der Waals surface area contributed by atoms with E-state index in [4.69, 9.17) is 4.74 Å². The number of ether oxygens (including phenoxy) is 1. The van der Waals surface area contributed by atoms with E-state index in [0.717, 1.165) is 12.8 Å². The third kappa shape index (κ3) is 3.43. The van der Waals surface area contributed by atoms with Crippen molar-refractivity contribution in [3.63, 3.8) is 0 Å². The molecule has 0 aromatic carbocycles. The first-order valence-electron chi connectivity index (χ1n) is 8.78. The van der Waals surface area contributed by atoms with Crippen molar-refractivity contribution in [2.45, 2.75) is 24.3 Å². The van der Waals surface area contributed by atoms with Gasteiger partial charge in [0, 0.05) is 31.5 Å². The maximum absolute atomic E-state index is 12.5. The first-order valence-corrected chi connectivity index (χ1v) is 10.2. The van der Waals surface area contributed by atoms with Crippen molar-refractivity contribution in [1.29, 1.82) is 0 Å². The number of carbonyl (C=O) groups is 1. The number of esters is 1. The molecule has 1 fully saturated rings. The number of H-pyrrole nitrogens is 1. The molecule has 1 N–H and O–H groups in total. The molecular weight excluding hydrogens is 384 g/mol. The molecule has 3 aromatic rings. The summed E-state index contributed by atoms with van der Waals surface area (Å²) in [5, 5.41) is 0. The number of aromatic amines is 1. The van der Waals surface area contributed by atoms with Crippen LogP contribution in [-0.4, -0.2) is 46.2 Å². The van der Waals surface area contributed by atoms with Crippen LogP contribution in [0.2, 0.25) is 0 Å². The summed E-state index contributed by atoms with van der Waals surface area (Å²) >= 11 is 0. The van der Waals surface area contributed by atoms with Gasteiger partial charge in [0.15, 0.2) is 0 Å². The molecule has 0 radical (unpaired) electrons. The second kappa shape index (κ2) is 7.21. The van der Waals surface area contributed by atoms with E-state index in [0.29, 0.717) is 24.4 Å². The Morgan fingerprint density at radius 2 is 2.00 bits per heavy atom. The zero-order chi connectivity index (χ0) is 19.7. The molecule has 3 aromatic heterocycles. The van der Waals surface area contributed by atoms with Crippen LogP contribution in [0.1, 0.15) is 29.0 Å². The van der Waals surface area contributed by atoms with Gasteiger partial charge in [-0.1, -0.05) is 6.07 Å². The number of nitrogens with one attached hydrogen (secondary N) is 1. The molecule has 0 aliphatic carbocycles. The number of hydrogen-bond acceptors (Lipinski definition) is 6. The van der Waals surface area contributed by atoms with Gasteiger partial charge in [0.25, 0.3) is 5.56 Å². The van der Waals surface area contributed by atoms with E-state index in [1.165, 1.54) is 27.0 Å². The predicted octanol–water partition coefficient (Wildman–Crippen LogP) is 1.16. The summed E-state index contributed by atoms with van der Waals surface area (Å²) in [5.74, 6) is -0.724. The molecule has 0 saturated carbocycles. The van der Waals surface area contributed by atoms with Crippen molar-refractivity contribution in [2.75, 3.05) is 13.1 Å². The van der Waals surface area contributed by atoms with E-state index in [1.54, 1.807) is 24.4 Å². The van der Waals surface area contributed by atoms with E-state index in [-0.39, 0.29) is 22.8 Å². The quantitative estimate of drug-likeness (QED) is 0.641. The van der Waals surface area contributed by atoms with E-state index in [2.05, 4.69) is 9.97 Å². The van der Waals surface area contributed by atoms with Crippen molar-refractivity contribution in [3.05, 3.63) is 64.5 Å². The van der Waals surface area contributed by atoms with Gasteiger partial charge < -0.3 is 9.72 Å². The van der Waals surface area contributed by atoms with E-state index in [1.807, 2.05) is 0 Å². The molecular formula is C18H18N4O5S. The normalized spacial score (nSPS) is 15.1. The summed E-state index contributed by atoms with van der Waals surface area (Å²) in [7, 11) is -3.61. The molecule has 4 heterocycles. The van der Waals surface area contributed by atoms with Crippen molar-refractivity contribution in [2.24, 2.45) is 0 Å². The van der Waals surface area contributed by atoms with Crippen LogP contribution in [0.15, 0.2) is 52.4 Å². The number of carbonyl (C=O) groups excluding carboxylic acids is 1. The second-order valence-corrected chi connectivity index (χ2v) is 8.39. The molecule has 4 rings (SSSR count). The van der Waals surface area contributed by atoms with Crippen LogP contribution in [0.5, 0.6) is 0 Å². The molecule has 9 nitrogen and oxygen atoms in total. The third-order valence-corrected chi connectivity index (χ3v) is 6.43. The number of hydrogen-bond donors (Lipinski definition) is 1. The predicted molar refractivity (Wildman–Crippen MR) is 99.4 cm³/mol. The number of pyridine rings is 1. The second-order valence-electron chi connectivity index (χ2n) is 6.45. The molecule has 0 amide bonds. The first-order chi connectivity index (χ1) is 13.4. The maximum Gasteiger partial charge on any atom is 0.355 e. The molecule has 0 bridgehead atoms. The summed E-state index contributed by atoms with van der Waals surface area (Å²) in [6, 6.07) is 7.69. The Morgan fingerprint density at radius 3 is 2.79 bits per heavy atom. The highest BCUT2D eigenvalue weighted by Gasteiger charge is 2.28. The van der Waals surface area contributed by atoms with Gasteiger partial charge >= 0.3 is 5.97 Å². The summed E-state index contributed by atoms with van der Waals surface area (Å²) in [4.78, 5) is 31.3. The average molecular weight is 402 g/mol. The fourth-order valence-corrected chi connectivity index (χ4v) is 4.62. The van der Waals surface area contributed by atoms with E-state index in [9.17, 15) is 18.0 Å². The van der Waals surface area contributed by atoms with Crippen LogP contribution in [0.4, 0.5) is 0 Å². The zero-order valence-corrected chi connectivity index (χ0v) is 15.7. The molecule has 0 unspecified atom stereocenters. The minimum Gasteiger partial charge on any atom is -0.455 e. The van der Waals surface area contributed by atoms with Crippen LogP contribution >= 0.6 is 0 Å². The molecule has 10 heteroatoms. The molecule has 1 saturated heterocycles. The largest absolute Gasteiger partial charge is 0.455 e. The number of fused-ring (bicyclic) bond motifs is 1. The minimum absolute atomic E-state index is 0.0234. The lowest BCUT2D eigenvalue weighted by molar-refractivity contribution is 0.0461. The fourth-order valence-electron chi connectivity index (χ4n) is 3.11. The molecule has 28 heavy (non-hydrogen) atoms. The van der Waals surface area contributed by atoms with Gasteiger partial charge in [-0.25, -0.2) is 18.2 Å². The highest BCUT2D eigenvalue weighted by Crippen LogP contribution is 2.21. The maximum atomic E-state index is 12.5. The Balaban J connectivity index is 1.48. The van der Waals surface area contributed by atoms with Gasteiger partial charge in [0.1, 0.15) is 22.8 Å². The van der Waals surface area contributed by atoms with Crippen molar-refractivity contribution in [1.82, 2.24) is 18.7 Å². The van der Waals surface area contributed by atoms with Gasteiger partial charge in [0.2, 0.25) is 10.0 Å². The Morgan fingerprint density at radius 1 is 1.21 bits per heavy atom. The highest BCUT2D eigenvalue weighted by molar-refractivity contribution is 7.89. The number of aromatic nitrogens is 3. The van der Waals surface area contributed by atoms with Crippen LogP contribution < -0.4 is 5.56 Å². The van der Waals surface area contributed by atoms with Gasteiger partial charge in [-0.3, -0.25) is 9.20 Å². The summed E-state index contributed by atoms with van der Waals surface area (Å²) in [6.45, 7) is 0.764. The Kier molecular flexibility index (Phi) is 4.73. The van der Waals surface area contributed by atoms with Crippen molar-refractivity contribution in [3.8, 4) is 0 Å². The summed E-state index contributed by atoms with van der Waals surface area (Å²) in [5.41, 5.74) is 0.492. The smallest absolute Gasteiger partial charge is 0.355 e. The summed E-state index contributed by atoms with van der Waals surface area (Å²) in [6.07, 6.45) is 4.54. The lowest BCUT2D eigenvalue weighted by Crippen LogP contribution is -2.27. The molecule has 0 atom stereocenters. The van der Waals surface area contributed by atoms with Crippen LogP contribution in [-0.2, 0) is 21.4 Å². The fraction of sp³-hybridized carbons (Fsp3) is 0.278.